The van der Waals surface area contributed by atoms with Gasteiger partial charge in [-0.2, -0.15) is 0 Å². The molecule has 0 amide bonds. The van der Waals surface area contributed by atoms with E-state index in [4.69, 9.17) is 4.74 Å². The summed E-state index contributed by atoms with van der Waals surface area (Å²) in [6.07, 6.45) is 0. The highest BCUT2D eigenvalue weighted by molar-refractivity contribution is 5.41. The van der Waals surface area contributed by atoms with Crippen LogP contribution in [0.2, 0.25) is 0 Å². The van der Waals surface area contributed by atoms with Gasteiger partial charge in [-0.15, -0.1) is 0 Å². The van der Waals surface area contributed by atoms with Crippen LogP contribution < -0.4 is 5.32 Å². The molecule has 2 rings (SSSR count). The maximum Gasteiger partial charge on any atom is 0.269 e. The van der Waals surface area contributed by atoms with Gasteiger partial charge in [-0.25, -0.2) is 0 Å². The molecule has 5 heteroatoms. The minimum atomic E-state index is -0.368. The van der Waals surface area contributed by atoms with Crippen molar-refractivity contribution in [1.29, 1.82) is 0 Å². The molecule has 1 saturated heterocycles. The van der Waals surface area contributed by atoms with Crippen LogP contribution in [0.4, 0.5) is 5.69 Å². The molecule has 1 aromatic rings. The van der Waals surface area contributed by atoms with Gasteiger partial charge in [0.2, 0.25) is 0 Å². The number of aryl methyl sites for hydroxylation is 1. The lowest BCUT2D eigenvalue weighted by atomic mass is 10.0. The van der Waals surface area contributed by atoms with Gasteiger partial charge < -0.3 is 10.1 Å². The van der Waals surface area contributed by atoms with E-state index >= 15 is 0 Å². The summed E-state index contributed by atoms with van der Waals surface area (Å²) in [4.78, 5) is 10.3. The molecular weight excluding hydrogens is 208 g/mol. The first-order valence-electron chi connectivity index (χ1n) is 5.24. The fourth-order valence-corrected chi connectivity index (χ4v) is 1.88. The number of nitrogens with zero attached hydrogens (tertiary/aromatic N) is 1. The first kappa shape index (κ1) is 11.0. The molecule has 0 radical (unpaired) electrons. The number of morpholine rings is 1. The van der Waals surface area contributed by atoms with Gasteiger partial charge in [-0.3, -0.25) is 10.1 Å². The van der Waals surface area contributed by atoms with Crippen LogP contribution in [0.25, 0.3) is 0 Å². The maximum absolute atomic E-state index is 10.7. The summed E-state index contributed by atoms with van der Waals surface area (Å²) in [5, 5.41) is 14.0. The lowest BCUT2D eigenvalue weighted by Crippen LogP contribution is -2.34. The fourth-order valence-electron chi connectivity index (χ4n) is 1.88. The van der Waals surface area contributed by atoms with Crippen molar-refractivity contribution in [1.82, 2.24) is 5.32 Å². The molecule has 0 bridgehead atoms. The average Bonchev–Trinajstić information content (AvgIpc) is 2.30. The second-order valence-electron chi connectivity index (χ2n) is 3.88. The van der Waals surface area contributed by atoms with E-state index in [1.54, 1.807) is 12.1 Å². The zero-order chi connectivity index (χ0) is 11.5. The zero-order valence-corrected chi connectivity index (χ0v) is 9.10. The normalized spacial score (nSPS) is 20.7. The zero-order valence-electron chi connectivity index (χ0n) is 9.10. The van der Waals surface area contributed by atoms with Crippen LogP contribution in [-0.2, 0) is 4.74 Å². The van der Waals surface area contributed by atoms with Gasteiger partial charge in [-0.1, -0.05) is 6.07 Å². The third-order valence-corrected chi connectivity index (χ3v) is 2.77. The molecule has 0 spiro atoms. The van der Waals surface area contributed by atoms with Gasteiger partial charge in [-0.05, 0) is 18.1 Å². The van der Waals surface area contributed by atoms with Crippen LogP contribution in [0.5, 0.6) is 0 Å². The number of nitrogens with one attached hydrogen (secondary N) is 1. The lowest BCUT2D eigenvalue weighted by molar-refractivity contribution is -0.385. The van der Waals surface area contributed by atoms with Crippen LogP contribution in [0.3, 0.4) is 0 Å². The molecule has 0 saturated carbocycles. The monoisotopic (exact) mass is 222 g/mol. The lowest BCUT2D eigenvalue weighted by Gasteiger charge is -2.25. The Labute approximate surface area is 93.6 Å². The molecule has 1 aliphatic heterocycles. The van der Waals surface area contributed by atoms with Crippen LogP contribution in [0.1, 0.15) is 17.2 Å². The van der Waals surface area contributed by atoms with Crippen LogP contribution in [0.15, 0.2) is 18.2 Å². The molecular formula is C11H14N2O3. The van der Waals surface area contributed by atoms with E-state index in [1.807, 2.05) is 6.92 Å². The summed E-state index contributed by atoms with van der Waals surface area (Å²) >= 11 is 0. The molecule has 1 aliphatic rings. The Morgan fingerprint density at radius 2 is 2.38 bits per heavy atom. The van der Waals surface area contributed by atoms with Gasteiger partial charge in [0.25, 0.3) is 5.69 Å². The predicted molar refractivity (Wildman–Crippen MR) is 59.4 cm³/mol. The van der Waals surface area contributed by atoms with Crippen molar-refractivity contribution in [2.45, 2.75) is 13.0 Å². The Hall–Kier alpha value is -1.46. The third-order valence-electron chi connectivity index (χ3n) is 2.77. The van der Waals surface area contributed by atoms with Gasteiger partial charge in [0.05, 0.1) is 24.2 Å². The third kappa shape index (κ3) is 2.20. The summed E-state index contributed by atoms with van der Waals surface area (Å²) in [5.74, 6) is 0. The fraction of sp³-hybridized carbons (Fsp3) is 0.455. The molecule has 1 atom stereocenters. The molecule has 86 valence electrons. The summed E-state index contributed by atoms with van der Waals surface area (Å²) < 4.78 is 5.36. The Bertz CT molecular complexity index is 400. The van der Waals surface area contributed by atoms with E-state index in [9.17, 15) is 10.1 Å². The number of nitro benzene ring substituents is 1. The van der Waals surface area contributed by atoms with Gasteiger partial charge in [0.15, 0.2) is 0 Å². The number of non-ortho nitro benzene ring substituents is 1. The highest BCUT2D eigenvalue weighted by atomic mass is 16.6. The van der Waals surface area contributed by atoms with E-state index < -0.39 is 0 Å². The molecule has 16 heavy (non-hydrogen) atoms. The van der Waals surface area contributed by atoms with Crippen LogP contribution in [0, 0.1) is 17.0 Å². The summed E-state index contributed by atoms with van der Waals surface area (Å²) in [6.45, 7) is 4.01. The Morgan fingerprint density at radius 3 is 3.00 bits per heavy atom. The minimum absolute atomic E-state index is 0.0636. The van der Waals surface area contributed by atoms with Crippen LogP contribution in [-0.4, -0.2) is 24.7 Å². The number of rotatable bonds is 2. The predicted octanol–water partition coefficient (Wildman–Crippen LogP) is 1.56. The minimum Gasteiger partial charge on any atom is -0.378 e. The first-order chi connectivity index (χ1) is 7.68. The number of ether oxygens (including phenoxy) is 1. The highest BCUT2D eigenvalue weighted by Crippen LogP contribution is 2.24. The van der Waals surface area contributed by atoms with Crippen molar-refractivity contribution in [2.24, 2.45) is 0 Å². The summed E-state index contributed by atoms with van der Waals surface area (Å²) in [7, 11) is 0. The summed E-state index contributed by atoms with van der Waals surface area (Å²) in [5.41, 5.74) is 2.13. The molecule has 0 aromatic heterocycles. The van der Waals surface area contributed by atoms with Gasteiger partial charge >= 0.3 is 0 Å². The van der Waals surface area contributed by atoms with E-state index in [-0.39, 0.29) is 16.7 Å². The van der Waals surface area contributed by atoms with Gasteiger partial charge in [0.1, 0.15) is 0 Å². The molecule has 5 nitrogen and oxygen atoms in total. The van der Waals surface area contributed by atoms with E-state index in [1.165, 1.54) is 6.07 Å². The molecule has 1 N–H and O–H groups in total. The van der Waals surface area contributed by atoms with Crippen molar-refractivity contribution in [3.63, 3.8) is 0 Å². The Morgan fingerprint density at radius 1 is 1.56 bits per heavy atom. The second-order valence-corrected chi connectivity index (χ2v) is 3.88. The van der Waals surface area contributed by atoms with E-state index in [0.29, 0.717) is 13.2 Å². The maximum atomic E-state index is 10.7. The second kappa shape index (κ2) is 4.59. The number of hydrogen-bond acceptors (Lipinski definition) is 4. The van der Waals surface area contributed by atoms with Crippen molar-refractivity contribution < 1.29 is 9.66 Å². The van der Waals surface area contributed by atoms with E-state index in [0.717, 1.165) is 17.7 Å². The number of benzene rings is 1. The average molecular weight is 222 g/mol. The number of nitro groups is 1. The quantitative estimate of drug-likeness (QED) is 0.609. The number of hydrogen-bond donors (Lipinski definition) is 1. The Balaban J connectivity index is 2.30. The molecule has 1 unspecified atom stereocenters. The van der Waals surface area contributed by atoms with Crippen molar-refractivity contribution >= 4 is 5.69 Å². The topological polar surface area (TPSA) is 64.4 Å². The Kier molecular flexibility index (Phi) is 3.17. The standard InChI is InChI=1S/C11H14N2O3/c1-8-2-3-9(13(14)15)6-10(8)11-7-16-5-4-12-11/h2-3,6,11-12H,4-5,7H2,1H3. The van der Waals surface area contributed by atoms with Crippen molar-refractivity contribution in [3.05, 3.63) is 39.4 Å². The largest absolute Gasteiger partial charge is 0.378 e. The first-order valence-corrected chi connectivity index (χ1v) is 5.24. The molecule has 1 fully saturated rings. The molecule has 1 heterocycles. The van der Waals surface area contributed by atoms with Crippen molar-refractivity contribution in [3.8, 4) is 0 Å². The highest BCUT2D eigenvalue weighted by Gasteiger charge is 2.19. The molecule has 0 aliphatic carbocycles. The van der Waals surface area contributed by atoms with Crippen molar-refractivity contribution in [2.75, 3.05) is 19.8 Å². The SMILES string of the molecule is Cc1ccc([N+](=O)[O-])cc1C1COCCN1. The van der Waals surface area contributed by atoms with E-state index in [2.05, 4.69) is 5.32 Å². The smallest absolute Gasteiger partial charge is 0.269 e. The summed E-state index contributed by atoms with van der Waals surface area (Å²) in [6, 6.07) is 5.00. The van der Waals surface area contributed by atoms with Gasteiger partial charge in [0, 0.05) is 18.7 Å². The van der Waals surface area contributed by atoms with Crippen LogP contribution >= 0.6 is 0 Å². The molecule has 1 aromatic carbocycles.